The highest BCUT2D eigenvalue weighted by atomic mass is 32.2. The van der Waals surface area contributed by atoms with Crippen LogP contribution in [0.1, 0.15) is 51.7 Å². The Balaban J connectivity index is 0.000000185. The average molecular weight is 981 g/mol. The molecule has 23 heteroatoms. The summed E-state index contributed by atoms with van der Waals surface area (Å²) in [7, 11) is -3.57. The van der Waals surface area contributed by atoms with Crippen LogP contribution in [0.2, 0.25) is 0 Å². The van der Waals surface area contributed by atoms with Gasteiger partial charge in [0.05, 0.1) is 25.7 Å². The first-order chi connectivity index (χ1) is 33.9. The number of benzene rings is 2. The lowest BCUT2D eigenvalue weighted by atomic mass is 10.1. The third kappa shape index (κ3) is 15.1. The third-order valence-electron chi connectivity index (χ3n) is 10.8. The summed E-state index contributed by atoms with van der Waals surface area (Å²) in [4.78, 5) is 29.4. The van der Waals surface area contributed by atoms with Crippen molar-refractivity contribution in [2.75, 3.05) is 88.6 Å². The maximum Gasteiger partial charge on any atom is 0.259 e. The number of nitrogens with two attached hydrogens (primary N) is 3. The Morgan fingerprint density at radius 1 is 0.629 bits per heavy atom. The highest BCUT2D eigenvalue weighted by Crippen LogP contribution is 2.20. The van der Waals surface area contributed by atoms with Crippen LogP contribution in [0, 0.1) is 0 Å². The van der Waals surface area contributed by atoms with E-state index in [1.165, 1.54) is 21.9 Å². The number of hydrogen-bond acceptors (Lipinski definition) is 20. The predicted octanol–water partition coefficient (Wildman–Crippen LogP) is 5.19. The number of nitrogens with one attached hydrogen (secondary N) is 1. The fourth-order valence-corrected chi connectivity index (χ4v) is 7.39. The molecule has 0 atom stereocenters. The molecule has 6 heterocycles. The number of furan rings is 2. The van der Waals surface area contributed by atoms with Gasteiger partial charge in [-0.25, -0.2) is 8.42 Å². The fourth-order valence-electron chi connectivity index (χ4n) is 6.88. The Kier molecular flexibility index (Phi) is 19.3. The molecule has 374 valence electrons. The van der Waals surface area contributed by atoms with Crippen LogP contribution < -0.4 is 32.0 Å². The number of sulfone groups is 1. The number of rotatable bonds is 23. The van der Waals surface area contributed by atoms with E-state index in [0.717, 1.165) is 100 Å². The molecule has 22 nitrogen and oxygen atoms in total. The van der Waals surface area contributed by atoms with Crippen LogP contribution in [0.25, 0.3) is 34.7 Å². The quantitative estimate of drug-likeness (QED) is 0.0600. The molecule has 8 rings (SSSR count). The summed E-state index contributed by atoms with van der Waals surface area (Å²) in [5, 5.41) is 11.2. The molecule has 8 aromatic rings. The molecule has 0 bridgehead atoms. The number of hydrogen-bond donors (Lipinski definition) is 4. The molecule has 6 aromatic heterocycles. The average Bonchev–Trinajstić information content (AvgIpc) is 4.21. The Morgan fingerprint density at radius 3 is 1.54 bits per heavy atom. The maximum absolute atomic E-state index is 11.4. The predicted molar refractivity (Wildman–Crippen MR) is 268 cm³/mol. The van der Waals surface area contributed by atoms with Gasteiger partial charge in [0.25, 0.3) is 16.7 Å². The molecule has 0 fully saturated rings. The summed E-state index contributed by atoms with van der Waals surface area (Å²) < 4.78 is 47.4. The van der Waals surface area contributed by atoms with Gasteiger partial charge in [0.1, 0.15) is 11.5 Å². The van der Waals surface area contributed by atoms with Crippen LogP contribution in [0.15, 0.2) is 99.3 Å². The van der Waals surface area contributed by atoms with Gasteiger partial charge >= 0.3 is 0 Å². The summed E-state index contributed by atoms with van der Waals surface area (Å²) in [6, 6.07) is 23.3. The van der Waals surface area contributed by atoms with Crippen molar-refractivity contribution in [2.45, 2.75) is 58.5 Å². The lowest BCUT2D eigenvalue weighted by Gasteiger charge is -2.17. The molecule has 0 aliphatic carbocycles. The van der Waals surface area contributed by atoms with Gasteiger partial charge in [-0.15, -0.1) is 10.2 Å². The van der Waals surface area contributed by atoms with E-state index in [2.05, 4.69) is 107 Å². The van der Waals surface area contributed by atoms with Crippen molar-refractivity contribution in [3.8, 4) is 34.7 Å². The van der Waals surface area contributed by atoms with Gasteiger partial charge < -0.3 is 50.6 Å². The largest absolute Gasteiger partial charge is 0.494 e. The van der Waals surface area contributed by atoms with E-state index in [-0.39, 0.29) is 23.5 Å². The third-order valence-corrected chi connectivity index (χ3v) is 11.6. The maximum atomic E-state index is 11.4. The number of nitrogen functional groups attached to an aromatic ring is 2. The molecule has 0 radical (unpaired) electrons. The first-order valence-electron chi connectivity index (χ1n) is 23.3. The highest BCUT2D eigenvalue weighted by molar-refractivity contribution is 7.90. The molecular formula is C47H64N16O6S. The van der Waals surface area contributed by atoms with Gasteiger partial charge in [-0.2, -0.15) is 38.9 Å². The first kappa shape index (κ1) is 52.2. The zero-order chi connectivity index (χ0) is 49.9. The second kappa shape index (κ2) is 26.0. The van der Waals surface area contributed by atoms with Crippen LogP contribution >= 0.6 is 0 Å². The van der Waals surface area contributed by atoms with Crippen molar-refractivity contribution < 1.29 is 26.7 Å². The number of nitrogens with zero attached hydrogens (tertiary/aromatic N) is 12. The van der Waals surface area contributed by atoms with Gasteiger partial charge in [0.2, 0.25) is 39.3 Å². The van der Waals surface area contributed by atoms with Crippen LogP contribution in [0.4, 0.5) is 17.8 Å². The van der Waals surface area contributed by atoms with Gasteiger partial charge in [-0.05, 0) is 118 Å². The Hall–Kier alpha value is -7.21. The SMILES string of the molecule is CCN(CC)CCCOc1ccc(CCN)cc1.CCN(CC)CCCOc1ccc(CCNc2nc(N)n3nc(-c4ccco4)nc3n2)cc1.CS(=O)(=O)c1nc(N)n2nc(-c3ccco3)nc2n1. The summed E-state index contributed by atoms with van der Waals surface area (Å²) in [6.07, 6.45) is 7.86. The molecule has 0 aliphatic heterocycles. The second-order valence-corrected chi connectivity index (χ2v) is 17.7. The number of ether oxygens (including phenoxy) is 2. The van der Waals surface area contributed by atoms with Crippen LogP contribution in [0.5, 0.6) is 11.5 Å². The lowest BCUT2D eigenvalue weighted by Crippen LogP contribution is -2.25. The minimum atomic E-state index is -3.57. The minimum absolute atomic E-state index is 0.0410. The van der Waals surface area contributed by atoms with E-state index in [1.54, 1.807) is 30.5 Å². The number of aromatic nitrogens is 10. The van der Waals surface area contributed by atoms with Gasteiger partial charge in [-0.3, -0.25) is 0 Å². The topological polar surface area (TPSA) is 287 Å². The molecule has 7 N–H and O–H groups in total. The van der Waals surface area contributed by atoms with Crippen molar-refractivity contribution >= 4 is 39.2 Å². The van der Waals surface area contributed by atoms with Crippen LogP contribution in [-0.2, 0) is 22.7 Å². The van der Waals surface area contributed by atoms with Gasteiger partial charge in [0.15, 0.2) is 11.5 Å². The van der Waals surface area contributed by atoms with Crippen molar-refractivity contribution in [3.63, 3.8) is 0 Å². The summed E-state index contributed by atoms with van der Waals surface area (Å²) in [6.45, 7) is 18.2. The van der Waals surface area contributed by atoms with E-state index in [4.69, 9.17) is 35.5 Å². The number of fused-ring (bicyclic) bond motifs is 2. The number of anilines is 3. The van der Waals surface area contributed by atoms with E-state index in [0.29, 0.717) is 42.2 Å². The zero-order valence-electron chi connectivity index (χ0n) is 40.4. The van der Waals surface area contributed by atoms with Crippen LogP contribution in [0.3, 0.4) is 0 Å². The molecule has 0 saturated heterocycles. The molecule has 0 aliphatic rings. The smallest absolute Gasteiger partial charge is 0.259 e. The van der Waals surface area contributed by atoms with Crippen molar-refractivity contribution in [2.24, 2.45) is 5.73 Å². The Labute approximate surface area is 407 Å². The van der Waals surface area contributed by atoms with Gasteiger partial charge in [-0.1, -0.05) is 52.0 Å². The molecule has 0 saturated carbocycles. The first-order valence-corrected chi connectivity index (χ1v) is 25.2. The minimum Gasteiger partial charge on any atom is -0.494 e. The van der Waals surface area contributed by atoms with E-state index < -0.39 is 15.0 Å². The lowest BCUT2D eigenvalue weighted by molar-refractivity contribution is 0.249. The standard InChI is InChI=1S/C23H30N8O2.C15H26N2O.C9H8N6O3S/c1-3-30(4-2)14-6-16-32-18-10-8-17(9-11-18)12-13-25-22-27-21(24)31-23(28-22)26-20(29-31)19-7-5-15-33-19;1-3-17(4-2)12-5-13-18-15-8-6-14(7-9-15)10-11-16;1-19(16,17)9-12-7(10)15-8(13-9)11-6(14-15)5-3-2-4-18-5/h5,7-11,15H,3-4,6,12-14,16H2,1-2H3,(H3,24,25,26,27,28,29);6-9H,3-5,10-13,16H2,1-2H3;2-4H,1H3,(H2,10,11,12,13,14). The van der Waals surface area contributed by atoms with Crippen molar-refractivity contribution in [1.82, 2.24) is 58.9 Å². The summed E-state index contributed by atoms with van der Waals surface area (Å²) in [5.74, 6) is 4.37. The fraction of sp³-hybridized carbons (Fsp3) is 0.404. The molecule has 0 spiro atoms. The highest BCUT2D eigenvalue weighted by Gasteiger charge is 2.19. The zero-order valence-corrected chi connectivity index (χ0v) is 41.3. The van der Waals surface area contributed by atoms with E-state index in [1.807, 2.05) is 24.3 Å². The summed E-state index contributed by atoms with van der Waals surface area (Å²) in [5.41, 5.74) is 19.6. The molecule has 0 amide bonds. The molecule has 0 unspecified atom stereocenters. The normalized spacial score (nSPS) is 11.4. The molecule has 2 aromatic carbocycles. The second-order valence-electron chi connectivity index (χ2n) is 15.8. The summed E-state index contributed by atoms with van der Waals surface area (Å²) >= 11 is 0. The Morgan fingerprint density at radius 2 is 1.10 bits per heavy atom. The van der Waals surface area contributed by atoms with Gasteiger partial charge in [0, 0.05) is 25.9 Å². The Bertz CT molecular complexity index is 2880. The van der Waals surface area contributed by atoms with E-state index >= 15 is 0 Å². The molecular weight excluding hydrogens is 917 g/mol. The monoisotopic (exact) mass is 980 g/mol. The molecule has 70 heavy (non-hydrogen) atoms. The van der Waals surface area contributed by atoms with Crippen molar-refractivity contribution in [3.05, 3.63) is 96.4 Å². The van der Waals surface area contributed by atoms with E-state index in [9.17, 15) is 8.42 Å². The van der Waals surface area contributed by atoms with Crippen LogP contribution in [-0.4, -0.2) is 139 Å². The van der Waals surface area contributed by atoms with Crippen molar-refractivity contribution in [1.29, 1.82) is 0 Å².